The van der Waals surface area contributed by atoms with Gasteiger partial charge in [-0.2, -0.15) is 0 Å². The lowest BCUT2D eigenvalue weighted by molar-refractivity contribution is -0.133. The summed E-state index contributed by atoms with van der Waals surface area (Å²) in [5, 5.41) is 12.8. The van der Waals surface area contributed by atoms with E-state index in [0.717, 1.165) is 66.1 Å². The first-order chi connectivity index (χ1) is 12.7. The monoisotopic (exact) mass is 351 g/mol. The molecule has 138 valence electrons. The van der Waals surface area contributed by atoms with Gasteiger partial charge in [-0.25, -0.2) is 0 Å². The fourth-order valence-electron chi connectivity index (χ4n) is 9.14. The van der Waals surface area contributed by atoms with Crippen molar-refractivity contribution in [3.63, 3.8) is 0 Å². The number of nitrogens with zero attached hydrogens (tertiary/aromatic N) is 1. The van der Waals surface area contributed by atoms with Gasteiger partial charge in [-0.3, -0.25) is 0 Å². The maximum absolute atomic E-state index is 9.25. The summed E-state index contributed by atoms with van der Waals surface area (Å²) in [5.74, 6) is 6.92. The van der Waals surface area contributed by atoms with Gasteiger partial charge in [-0.15, -0.1) is 0 Å². The molecule has 5 saturated carbocycles. The van der Waals surface area contributed by atoms with E-state index in [1.54, 1.807) is 5.57 Å². The zero-order chi connectivity index (χ0) is 17.3. The van der Waals surface area contributed by atoms with Crippen LogP contribution in [0.1, 0.15) is 45.4 Å². The topological polar surface area (TPSA) is 41.8 Å². The average molecular weight is 351 g/mol. The van der Waals surface area contributed by atoms with Crippen LogP contribution in [0.2, 0.25) is 0 Å². The molecule has 0 aromatic heterocycles. The minimum absolute atomic E-state index is 0.0804. The molecule has 1 aliphatic heterocycles. The van der Waals surface area contributed by atoms with Crippen molar-refractivity contribution in [1.29, 1.82) is 0 Å². The van der Waals surface area contributed by atoms with Gasteiger partial charge in [0.2, 0.25) is 0 Å². The first-order valence-electron chi connectivity index (χ1n) is 10.9. The van der Waals surface area contributed by atoms with Crippen LogP contribution < -0.4 is 0 Å². The molecular weight excluding hydrogens is 322 g/mol. The molecule has 6 aliphatic carbocycles. The Morgan fingerprint density at radius 2 is 2.08 bits per heavy atom. The maximum Gasteiger partial charge on any atom is 0.0954 e. The largest absolute Gasteiger partial charge is 0.411 e. The molecular formula is C23H29NO2. The first-order valence-corrected chi connectivity index (χ1v) is 10.9. The summed E-state index contributed by atoms with van der Waals surface area (Å²) in [6.07, 6.45) is 14.8. The third-order valence-corrected chi connectivity index (χ3v) is 10.1. The van der Waals surface area contributed by atoms with Gasteiger partial charge >= 0.3 is 0 Å². The van der Waals surface area contributed by atoms with Gasteiger partial charge in [-0.1, -0.05) is 29.8 Å². The Kier molecular flexibility index (Phi) is 2.57. The normalized spacial score (nSPS) is 62.2. The molecule has 1 spiro atoms. The predicted molar refractivity (Wildman–Crippen MR) is 98.9 cm³/mol. The Bertz CT molecular complexity index is 783. The van der Waals surface area contributed by atoms with Crippen molar-refractivity contribution in [2.24, 2.45) is 57.9 Å². The lowest BCUT2D eigenvalue weighted by atomic mass is 9.49. The highest BCUT2D eigenvalue weighted by molar-refractivity contribution is 5.96. The number of hydrogen-bond acceptors (Lipinski definition) is 3. The van der Waals surface area contributed by atoms with Gasteiger partial charge in [0.05, 0.1) is 17.9 Å². The fraction of sp³-hybridized carbons (Fsp3) is 0.783. The second-order valence-electron chi connectivity index (χ2n) is 10.6. The Morgan fingerprint density at radius 1 is 1.15 bits per heavy atom. The van der Waals surface area contributed by atoms with Crippen LogP contribution >= 0.6 is 0 Å². The fourth-order valence-corrected chi connectivity index (χ4v) is 9.14. The zero-order valence-corrected chi connectivity index (χ0v) is 15.6. The second-order valence-corrected chi connectivity index (χ2v) is 10.6. The van der Waals surface area contributed by atoms with Gasteiger partial charge in [0.1, 0.15) is 0 Å². The van der Waals surface area contributed by atoms with E-state index in [4.69, 9.17) is 4.74 Å². The van der Waals surface area contributed by atoms with E-state index in [1.807, 2.05) is 0 Å². The molecule has 5 fully saturated rings. The number of allylic oxidation sites excluding steroid dienone is 2. The van der Waals surface area contributed by atoms with Crippen molar-refractivity contribution < 1.29 is 9.94 Å². The second kappa shape index (κ2) is 4.48. The van der Waals surface area contributed by atoms with Crippen LogP contribution in [0, 0.1) is 52.8 Å². The number of fused-ring (bicyclic) bond motifs is 12. The van der Waals surface area contributed by atoms with Crippen LogP contribution in [0.4, 0.5) is 0 Å². The van der Waals surface area contributed by atoms with Crippen molar-refractivity contribution in [3.8, 4) is 0 Å². The molecule has 0 aromatic rings. The lowest BCUT2D eigenvalue weighted by Gasteiger charge is -2.57. The van der Waals surface area contributed by atoms with Gasteiger partial charge in [0.15, 0.2) is 0 Å². The molecule has 1 heterocycles. The molecule has 10 atom stereocenters. The molecule has 3 nitrogen and oxygen atoms in total. The quantitative estimate of drug-likeness (QED) is 0.399. The first kappa shape index (κ1) is 14.9. The van der Waals surface area contributed by atoms with Crippen LogP contribution in [-0.2, 0) is 4.74 Å². The summed E-state index contributed by atoms with van der Waals surface area (Å²) in [4.78, 5) is 0. The summed E-state index contributed by atoms with van der Waals surface area (Å²) in [6, 6.07) is 0. The summed E-state index contributed by atoms with van der Waals surface area (Å²) in [5.41, 5.74) is 3.04. The zero-order valence-electron chi connectivity index (χ0n) is 15.6. The average Bonchev–Trinajstić information content (AvgIpc) is 3.57. The van der Waals surface area contributed by atoms with Gasteiger partial charge in [-0.05, 0) is 91.9 Å². The van der Waals surface area contributed by atoms with Gasteiger partial charge in [0, 0.05) is 5.41 Å². The predicted octanol–water partition coefficient (Wildman–Crippen LogP) is 4.43. The third kappa shape index (κ3) is 1.49. The molecule has 0 bridgehead atoms. The SMILES string of the molecule is C[C@]12CC[C@H]3[C@@H]([C@H]4C[C@H]4C4=C/C(=N/O)CC[C@@H]43)[C@@H]1[C@H]1C[C@H]1[C@@]21C=CCO1. The van der Waals surface area contributed by atoms with E-state index in [-0.39, 0.29) is 5.60 Å². The van der Waals surface area contributed by atoms with Gasteiger partial charge in [0.25, 0.3) is 0 Å². The van der Waals surface area contributed by atoms with Crippen LogP contribution in [0.25, 0.3) is 0 Å². The van der Waals surface area contributed by atoms with Crippen molar-refractivity contribution in [1.82, 2.24) is 0 Å². The van der Waals surface area contributed by atoms with Crippen LogP contribution in [0.3, 0.4) is 0 Å². The minimum atomic E-state index is 0.0804. The number of hydrogen-bond donors (Lipinski definition) is 1. The third-order valence-electron chi connectivity index (χ3n) is 10.1. The Hall–Kier alpha value is -1.09. The summed E-state index contributed by atoms with van der Waals surface area (Å²) in [6.45, 7) is 3.43. The molecule has 0 saturated heterocycles. The molecule has 0 radical (unpaired) electrons. The lowest BCUT2D eigenvalue weighted by Crippen LogP contribution is -2.55. The van der Waals surface area contributed by atoms with E-state index in [2.05, 4.69) is 30.3 Å². The number of oxime groups is 1. The molecule has 7 rings (SSSR count). The Labute approximate surface area is 155 Å². The summed E-state index contributed by atoms with van der Waals surface area (Å²) >= 11 is 0. The van der Waals surface area contributed by atoms with E-state index >= 15 is 0 Å². The Morgan fingerprint density at radius 3 is 2.88 bits per heavy atom. The molecule has 1 N–H and O–H groups in total. The van der Waals surface area contributed by atoms with Crippen molar-refractivity contribution in [2.45, 2.75) is 51.0 Å². The number of ether oxygens (including phenoxy) is 1. The van der Waals surface area contributed by atoms with Crippen LogP contribution in [-0.4, -0.2) is 23.1 Å². The smallest absolute Gasteiger partial charge is 0.0954 e. The molecule has 0 amide bonds. The highest BCUT2D eigenvalue weighted by Crippen LogP contribution is 2.80. The highest BCUT2D eigenvalue weighted by Gasteiger charge is 2.78. The molecule has 0 unspecified atom stereocenters. The van der Waals surface area contributed by atoms with Crippen LogP contribution in [0.5, 0.6) is 0 Å². The van der Waals surface area contributed by atoms with Crippen molar-refractivity contribution in [2.75, 3.05) is 6.61 Å². The van der Waals surface area contributed by atoms with Crippen molar-refractivity contribution >= 4 is 5.71 Å². The van der Waals surface area contributed by atoms with E-state index in [9.17, 15) is 5.21 Å². The van der Waals surface area contributed by atoms with Gasteiger partial charge < -0.3 is 9.94 Å². The minimum Gasteiger partial charge on any atom is -0.411 e. The van der Waals surface area contributed by atoms with E-state index in [0.29, 0.717) is 5.41 Å². The summed E-state index contributed by atoms with van der Waals surface area (Å²) in [7, 11) is 0. The van der Waals surface area contributed by atoms with E-state index < -0.39 is 0 Å². The maximum atomic E-state index is 9.25. The number of rotatable bonds is 0. The molecule has 26 heavy (non-hydrogen) atoms. The molecule has 7 aliphatic rings. The highest BCUT2D eigenvalue weighted by atomic mass is 16.5. The standard InChI is InChI=1S/C23H29NO2/c1-22-7-5-14-13-4-3-12(24-25)9-15(13)16-10-17(16)20(14)21(22)18-11-19(18)23(22)6-2-8-26-23/h2,6,9,13-14,16-21,25H,3-5,7-8,10-11H2,1H3/b24-12+/t13-,14-,16+,17+,18+,19-,20+,21+,22+,23+/m1/s1. The Balaban J connectivity index is 1.31. The molecule has 3 heteroatoms. The molecule has 0 aromatic carbocycles. The summed E-state index contributed by atoms with van der Waals surface area (Å²) < 4.78 is 6.53. The van der Waals surface area contributed by atoms with Crippen molar-refractivity contribution in [3.05, 3.63) is 23.8 Å². The van der Waals surface area contributed by atoms with Crippen LogP contribution in [0.15, 0.2) is 29.0 Å². The van der Waals surface area contributed by atoms with E-state index in [1.165, 1.54) is 32.1 Å².